The molecular formula is C13H17N3O2. The monoisotopic (exact) mass is 247 g/mol. The van der Waals surface area contributed by atoms with Crippen LogP contribution in [0.15, 0.2) is 29.3 Å². The lowest BCUT2D eigenvalue weighted by atomic mass is 9.99. The Morgan fingerprint density at radius 2 is 2.28 bits per heavy atom. The molecule has 0 amide bonds. The molecule has 0 radical (unpaired) electrons. The second-order valence-electron chi connectivity index (χ2n) is 4.43. The van der Waals surface area contributed by atoms with Gasteiger partial charge < -0.3 is 15.7 Å². The number of likely N-dealkylation sites (N-methyl/N-ethyl adjacent to an activating group) is 1. The number of aliphatic carboxylic acids is 1. The van der Waals surface area contributed by atoms with Crippen molar-refractivity contribution in [2.24, 2.45) is 10.7 Å². The zero-order valence-electron chi connectivity index (χ0n) is 10.3. The van der Waals surface area contributed by atoms with Gasteiger partial charge in [-0.05, 0) is 12.0 Å². The highest BCUT2D eigenvalue weighted by atomic mass is 16.4. The smallest absolute Gasteiger partial charge is 0.320 e. The van der Waals surface area contributed by atoms with Crippen LogP contribution in [0.1, 0.15) is 11.1 Å². The van der Waals surface area contributed by atoms with Crippen molar-refractivity contribution in [3.05, 3.63) is 35.4 Å². The first kappa shape index (κ1) is 12.6. The average Bonchev–Trinajstić information content (AvgIpc) is 2.76. The molecule has 1 aromatic carbocycles. The summed E-state index contributed by atoms with van der Waals surface area (Å²) < 4.78 is 0. The molecule has 1 aliphatic heterocycles. The average molecular weight is 247 g/mol. The minimum Gasteiger partial charge on any atom is -0.480 e. The van der Waals surface area contributed by atoms with Gasteiger partial charge in [0.05, 0.1) is 6.54 Å². The number of amidine groups is 1. The minimum absolute atomic E-state index is 0.318. The van der Waals surface area contributed by atoms with Gasteiger partial charge in [0.1, 0.15) is 11.9 Å². The summed E-state index contributed by atoms with van der Waals surface area (Å²) in [4.78, 5) is 17.4. The van der Waals surface area contributed by atoms with Crippen molar-refractivity contribution in [1.29, 1.82) is 0 Å². The Kier molecular flexibility index (Phi) is 3.62. The third-order valence-electron chi connectivity index (χ3n) is 3.07. The standard InChI is InChI=1S/C13H17N3O2/c1-16-7-6-15-12(16)10-5-3-2-4-9(10)8-11(14)13(17)18/h2-5,11H,6-8,14H2,1H3,(H,17,18). The van der Waals surface area contributed by atoms with Crippen molar-refractivity contribution in [3.63, 3.8) is 0 Å². The number of nitrogens with zero attached hydrogens (tertiary/aromatic N) is 2. The van der Waals surface area contributed by atoms with E-state index in [2.05, 4.69) is 9.89 Å². The van der Waals surface area contributed by atoms with Crippen molar-refractivity contribution >= 4 is 11.8 Å². The number of carboxylic acids is 1. The van der Waals surface area contributed by atoms with Gasteiger partial charge in [0.15, 0.2) is 0 Å². The molecule has 5 nitrogen and oxygen atoms in total. The zero-order chi connectivity index (χ0) is 13.1. The van der Waals surface area contributed by atoms with E-state index in [1.165, 1.54) is 0 Å². The summed E-state index contributed by atoms with van der Waals surface area (Å²) in [6.07, 6.45) is 0.318. The van der Waals surface area contributed by atoms with Crippen LogP contribution in [-0.4, -0.2) is 48.0 Å². The lowest BCUT2D eigenvalue weighted by molar-refractivity contribution is -0.138. The summed E-state index contributed by atoms with van der Waals surface area (Å²) in [6, 6.07) is 6.82. The largest absolute Gasteiger partial charge is 0.480 e. The first-order chi connectivity index (χ1) is 8.59. The summed E-state index contributed by atoms with van der Waals surface area (Å²) in [5.41, 5.74) is 7.51. The molecule has 1 heterocycles. The Balaban J connectivity index is 2.28. The number of carboxylic acid groups (broad SMARTS) is 1. The fraction of sp³-hybridized carbons (Fsp3) is 0.385. The van der Waals surface area contributed by atoms with Crippen LogP contribution >= 0.6 is 0 Å². The van der Waals surface area contributed by atoms with Crippen molar-refractivity contribution in [2.75, 3.05) is 20.1 Å². The summed E-state index contributed by atoms with van der Waals surface area (Å²) in [7, 11) is 1.99. The predicted octanol–water partition coefficient (Wildman–Crippen LogP) is 0.333. The summed E-state index contributed by atoms with van der Waals surface area (Å²) in [5.74, 6) is -0.0605. The molecule has 1 unspecified atom stereocenters. The normalized spacial score (nSPS) is 16.6. The van der Waals surface area contributed by atoms with Gasteiger partial charge in [-0.2, -0.15) is 0 Å². The van der Waals surface area contributed by atoms with Crippen LogP contribution in [0.25, 0.3) is 0 Å². The van der Waals surface area contributed by atoms with Gasteiger partial charge >= 0.3 is 5.97 Å². The molecule has 0 bridgehead atoms. The molecule has 0 spiro atoms. The highest BCUT2D eigenvalue weighted by Crippen LogP contribution is 2.16. The topological polar surface area (TPSA) is 78.9 Å². The minimum atomic E-state index is -0.980. The third-order valence-corrected chi connectivity index (χ3v) is 3.07. The molecule has 0 saturated heterocycles. The van der Waals surface area contributed by atoms with E-state index in [1.54, 1.807) is 0 Å². The van der Waals surface area contributed by atoms with Gasteiger partial charge in [0.25, 0.3) is 0 Å². The summed E-state index contributed by atoms with van der Waals surface area (Å²) in [6.45, 7) is 1.68. The lowest BCUT2D eigenvalue weighted by Crippen LogP contribution is -2.33. The number of hydrogen-bond acceptors (Lipinski definition) is 4. The van der Waals surface area contributed by atoms with Crippen molar-refractivity contribution in [1.82, 2.24) is 4.90 Å². The number of aliphatic imine (C=N–C) groups is 1. The molecule has 1 aliphatic rings. The van der Waals surface area contributed by atoms with Gasteiger partial charge in [-0.25, -0.2) is 0 Å². The lowest BCUT2D eigenvalue weighted by Gasteiger charge is -2.17. The highest BCUT2D eigenvalue weighted by molar-refractivity contribution is 6.01. The first-order valence-electron chi connectivity index (χ1n) is 5.92. The second kappa shape index (κ2) is 5.18. The molecule has 0 aromatic heterocycles. The SMILES string of the molecule is CN1CCN=C1c1ccccc1CC(N)C(=O)O. The molecule has 0 fully saturated rings. The first-order valence-corrected chi connectivity index (χ1v) is 5.92. The Bertz CT molecular complexity index is 485. The molecule has 2 rings (SSSR count). The van der Waals surface area contributed by atoms with Crippen LogP contribution in [0.5, 0.6) is 0 Å². The molecule has 18 heavy (non-hydrogen) atoms. The molecule has 0 saturated carbocycles. The Labute approximate surface area is 106 Å². The Morgan fingerprint density at radius 3 is 2.89 bits per heavy atom. The van der Waals surface area contributed by atoms with E-state index in [4.69, 9.17) is 10.8 Å². The van der Waals surface area contributed by atoms with Crippen LogP contribution in [0.3, 0.4) is 0 Å². The number of hydrogen-bond donors (Lipinski definition) is 2. The van der Waals surface area contributed by atoms with Gasteiger partial charge in [-0.3, -0.25) is 9.79 Å². The van der Waals surface area contributed by atoms with Crippen LogP contribution in [-0.2, 0) is 11.2 Å². The fourth-order valence-electron chi connectivity index (χ4n) is 2.06. The number of nitrogens with two attached hydrogens (primary N) is 1. The predicted molar refractivity (Wildman–Crippen MR) is 69.8 cm³/mol. The van der Waals surface area contributed by atoms with E-state index in [1.807, 2.05) is 31.3 Å². The van der Waals surface area contributed by atoms with Crippen LogP contribution in [0.4, 0.5) is 0 Å². The fourth-order valence-corrected chi connectivity index (χ4v) is 2.06. The summed E-state index contributed by atoms with van der Waals surface area (Å²) in [5, 5.41) is 8.89. The Morgan fingerprint density at radius 1 is 1.56 bits per heavy atom. The van der Waals surface area contributed by atoms with E-state index < -0.39 is 12.0 Å². The van der Waals surface area contributed by atoms with E-state index in [0.29, 0.717) is 6.42 Å². The highest BCUT2D eigenvalue weighted by Gasteiger charge is 2.20. The molecule has 3 N–H and O–H groups in total. The van der Waals surface area contributed by atoms with Crippen LogP contribution in [0, 0.1) is 0 Å². The van der Waals surface area contributed by atoms with Crippen molar-refractivity contribution < 1.29 is 9.90 Å². The van der Waals surface area contributed by atoms with Gasteiger partial charge in [0.2, 0.25) is 0 Å². The number of carbonyl (C=O) groups is 1. The van der Waals surface area contributed by atoms with E-state index in [-0.39, 0.29) is 0 Å². The van der Waals surface area contributed by atoms with Crippen molar-refractivity contribution in [3.8, 4) is 0 Å². The third kappa shape index (κ3) is 2.51. The maximum atomic E-state index is 10.8. The molecule has 0 aliphatic carbocycles. The van der Waals surface area contributed by atoms with E-state index in [0.717, 1.165) is 30.1 Å². The molecule has 96 valence electrons. The number of benzene rings is 1. The Hall–Kier alpha value is -1.88. The van der Waals surface area contributed by atoms with Gasteiger partial charge in [-0.1, -0.05) is 24.3 Å². The second-order valence-corrected chi connectivity index (χ2v) is 4.43. The maximum absolute atomic E-state index is 10.8. The molecular weight excluding hydrogens is 230 g/mol. The molecule has 1 atom stereocenters. The quantitative estimate of drug-likeness (QED) is 0.803. The van der Waals surface area contributed by atoms with E-state index in [9.17, 15) is 4.79 Å². The van der Waals surface area contributed by atoms with Crippen LogP contribution < -0.4 is 5.73 Å². The van der Waals surface area contributed by atoms with Gasteiger partial charge in [-0.15, -0.1) is 0 Å². The number of rotatable bonds is 4. The molecule has 5 heteroatoms. The van der Waals surface area contributed by atoms with Crippen LogP contribution in [0.2, 0.25) is 0 Å². The zero-order valence-corrected chi connectivity index (χ0v) is 10.3. The van der Waals surface area contributed by atoms with Crippen molar-refractivity contribution in [2.45, 2.75) is 12.5 Å². The van der Waals surface area contributed by atoms with Gasteiger partial charge in [0, 0.05) is 19.2 Å². The summed E-state index contributed by atoms with van der Waals surface area (Å²) >= 11 is 0. The maximum Gasteiger partial charge on any atom is 0.320 e. The molecule has 1 aromatic rings. The van der Waals surface area contributed by atoms with E-state index >= 15 is 0 Å².